The fourth-order valence-electron chi connectivity index (χ4n) is 2.12. The number of Topliss-reactive ketones (excluding diaryl/α,β-unsaturated/α-hetero) is 1. The molecular formula is C16H28N2O5. The fourth-order valence-corrected chi connectivity index (χ4v) is 2.12. The molecule has 1 rings (SSSR count). The van der Waals surface area contributed by atoms with Crippen molar-refractivity contribution in [1.82, 2.24) is 10.2 Å². The van der Waals surface area contributed by atoms with E-state index in [1.807, 2.05) is 0 Å². The maximum absolute atomic E-state index is 12.2. The van der Waals surface area contributed by atoms with E-state index in [4.69, 9.17) is 9.47 Å². The smallest absolute Gasteiger partial charge is 0.410 e. The standard InChI is InChI=1S/C16H28N2O5/c1-14(2,3)22-12(20)17-9-16(7)10-18(8-11(16)19)13(21)23-15(4,5)6/h8-10H2,1-7H3,(H,17,20). The number of carbonyl (C=O) groups excluding carboxylic acids is 3. The average Bonchev–Trinajstić information content (AvgIpc) is 2.60. The van der Waals surface area contributed by atoms with Gasteiger partial charge in [0.1, 0.15) is 11.2 Å². The Bertz CT molecular complexity index is 490. The van der Waals surface area contributed by atoms with Crippen LogP contribution in [0.15, 0.2) is 0 Å². The van der Waals surface area contributed by atoms with Gasteiger partial charge >= 0.3 is 12.2 Å². The highest BCUT2D eigenvalue weighted by Crippen LogP contribution is 2.27. The highest BCUT2D eigenvalue weighted by Gasteiger charge is 2.45. The molecule has 7 heteroatoms. The molecule has 0 radical (unpaired) electrons. The Morgan fingerprint density at radius 3 is 2.13 bits per heavy atom. The van der Waals surface area contributed by atoms with Crippen LogP contribution in [0.4, 0.5) is 9.59 Å². The molecule has 0 aromatic carbocycles. The van der Waals surface area contributed by atoms with Gasteiger partial charge in [0.2, 0.25) is 0 Å². The van der Waals surface area contributed by atoms with Gasteiger partial charge in [-0.2, -0.15) is 0 Å². The zero-order chi connectivity index (χ0) is 18.1. The molecule has 0 aliphatic carbocycles. The van der Waals surface area contributed by atoms with E-state index in [0.29, 0.717) is 0 Å². The first-order chi connectivity index (χ1) is 10.2. The molecular weight excluding hydrogens is 300 g/mol. The van der Waals surface area contributed by atoms with Crippen molar-refractivity contribution >= 4 is 18.0 Å². The zero-order valence-corrected chi connectivity index (χ0v) is 15.1. The molecule has 0 bridgehead atoms. The van der Waals surface area contributed by atoms with Gasteiger partial charge in [0.15, 0.2) is 5.78 Å². The van der Waals surface area contributed by atoms with Crippen LogP contribution < -0.4 is 5.32 Å². The van der Waals surface area contributed by atoms with Gasteiger partial charge in [-0.1, -0.05) is 0 Å². The summed E-state index contributed by atoms with van der Waals surface area (Å²) in [7, 11) is 0. The second kappa shape index (κ2) is 6.37. The summed E-state index contributed by atoms with van der Waals surface area (Å²) in [5.41, 5.74) is -2.06. The summed E-state index contributed by atoms with van der Waals surface area (Å²) >= 11 is 0. The van der Waals surface area contributed by atoms with Crippen molar-refractivity contribution in [2.24, 2.45) is 5.41 Å². The minimum absolute atomic E-state index is 0.0125. The molecule has 1 aliphatic rings. The molecule has 0 aromatic rings. The first kappa shape index (κ1) is 19.3. The van der Waals surface area contributed by atoms with Crippen LogP contribution in [0.25, 0.3) is 0 Å². The topological polar surface area (TPSA) is 84.9 Å². The Labute approximate surface area is 137 Å². The molecule has 0 aromatic heterocycles. The van der Waals surface area contributed by atoms with Crippen molar-refractivity contribution in [3.05, 3.63) is 0 Å². The van der Waals surface area contributed by atoms with E-state index in [1.54, 1.807) is 48.5 Å². The largest absolute Gasteiger partial charge is 0.444 e. The SMILES string of the molecule is CC(C)(C)OC(=O)NCC1(C)CN(C(=O)OC(C)(C)C)CC1=O. The van der Waals surface area contributed by atoms with Gasteiger partial charge in [0, 0.05) is 13.1 Å². The number of alkyl carbamates (subject to hydrolysis) is 1. The van der Waals surface area contributed by atoms with Crippen molar-refractivity contribution in [3.63, 3.8) is 0 Å². The highest BCUT2D eigenvalue weighted by atomic mass is 16.6. The molecule has 1 saturated heterocycles. The van der Waals surface area contributed by atoms with Crippen molar-refractivity contribution in [2.45, 2.75) is 59.7 Å². The predicted octanol–water partition coefficient (Wildman–Crippen LogP) is 2.34. The van der Waals surface area contributed by atoms with Crippen molar-refractivity contribution in [2.75, 3.05) is 19.6 Å². The van der Waals surface area contributed by atoms with Crippen LogP contribution in [0, 0.1) is 5.41 Å². The Balaban J connectivity index is 2.61. The van der Waals surface area contributed by atoms with E-state index in [1.165, 1.54) is 4.90 Å². The minimum atomic E-state index is -0.839. The second-order valence-corrected chi connectivity index (χ2v) is 8.18. The summed E-state index contributed by atoms with van der Waals surface area (Å²) in [6, 6.07) is 0. The average molecular weight is 328 g/mol. The maximum atomic E-state index is 12.2. The molecule has 7 nitrogen and oxygen atoms in total. The molecule has 1 aliphatic heterocycles. The number of hydrogen-bond donors (Lipinski definition) is 1. The lowest BCUT2D eigenvalue weighted by Crippen LogP contribution is -2.43. The summed E-state index contributed by atoms with van der Waals surface area (Å²) in [5.74, 6) is -0.112. The number of hydrogen-bond acceptors (Lipinski definition) is 5. The Kier molecular flexibility index (Phi) is 5.34. The Morgan fingerprint density at radius 1 is 1.13 bits per heavy atom. The van der Waals surface area contributed by atoms with Gasteiger partial charge in [-0.25, -0.2) is 9.59 Å². The van der Waals surface area contributed by atoms with Crippen LogP contribution in [0.3, 0.4) is 0 Å². The zero-order valence-electron chi connectivity index (χ0n) is 15.1. The van der Waals surface area contributed by atoms with Crippen molar-refractivity contribution < 1.29 is 23.9 Å². The molecule has 1 unspecified atom stereocenters. The van der Waals surface area contributed by atoms with Crippen LogP contribution in [-0.4, -0.2) is 53.7 Å². The summed E-state index contributed by atoms with van der Waals surface area (Å²) in [4.78, 5) is 37.4. The molecule has 2 amide bonds. The van der Waals surface area contributed by atoms with Gasteiger partial charge in [0.05, 0.1) is 12.0 Å². The van der Waals surface area contributed by atoms with Gasteiger partial charge in [-0.05, 0) is 48.5 Å². The maximum Gasteiger partial charge on any atom is 0.410 e. The molecule has 23 heavy (non-hydrogen) atoms. The fraction of sp³-hybridized carbons (Fsp3) is 0.812. The van der Waals surface area contributed by atoms with Crippen LogP contribution in [-0.2, 0) is 14.3 Å². The third-order valence-electron chi connectivity index (χ3n) is 3.22. The van der Waals surface area contributed by atoms with Gasteiger partial charge in [-0.15, -0.1) is 0 Å². The molecule has 132 valence electrons. The van der Waals surface area contributed by atoms with Crippen LogP contribution in [0.5, 0.6) is 0 Å². The van der Waals surface area contributed by atoms with E-state index in [9.17, 15) is 14.4 Å². The third kappa shape index (κ3) is 6.08. The summed E-state index contributed by atoms with van der Waals surface area (Å²) < 4.78 is 10.4. The van der Waals surface area contributed by atoms with E-state index in [2.05, 4.69) is 5.32 Å². The predicted molar refractivity (Wildman–Crippen MR) is 85.2 cm³/mol. The lowest BCUT2D eigenvalue weighted by atomic mass is 9.88. The summed E-state index contributed by atoms with van der Waals surface area (Å²) in [6.07, 6.45) is -1.10. The minimum Gasteiger partial charge on any atom is -0.444 e. The highest BCUT2D eigenvalue weighted by molar-refractivity contribution is 5.92. The Hall–Kier alpha value is -1.79. The molecule has 1 atom stereocenters. The number of likely N-dealkylation sites (tertiary alicyclic amines) is 1. The van der Waals surface area contributed by atoms with E-state index >= 15 is 0 Å². The molecule has 0 saturated carbocycles. The van der Waals surface area contributed by atoms with E-state index in [0.717, 1.165) is 0 Å². The van der Waals surface area contributed by atoms with Crippen LogP contribution in [0.1, 0.15) is 48.5 Å². The first-order valence-electron chi connectivity index (χ1n) is 7.70. The number of ketones is 1. The lowest BCUT2D eigenvalue weighted by Gasteiger charge is -2.26. The summed E-state index contributed by atoms with van der Waals surface area (Å²) in [6.45, 7) is 12.6. The van der Waals surface area contributed by atoms with Crippen LogP contribution >= 0.6 is 0 Å². The van der Waals surface area contributed by atoms with Crippen molar-refractivity contribution in [1.29, 1.82) is 0 Å². The number of ether oxygens (including phenoxy) is 2. The second-order valence-electron chi connectivity index (χ2n) is 8.18. The first-order valence-corrected chi connectivity index (χ1v) is 7.70. The lowest BCUT2D eigenvalue weighted by molar-refractivity contribution is -0.123. The molecule has 0 spiro atoms. The summed E-state index contributed by atoms with van der Waals surface area (Å²) in [5, 5.41) is 2.60. The molecule has 1 fully saturated rings. The van der Waals surface area contributed by atoms with Gasteiger partial charge in [-0.3, -0.25) is 9.69 Å². The normalized spacial score (nSPS) is 22.0. The van der Waals surface area contributed by atoms with Gasteiger partial charge in [0.25, 0.3) is 0 Å². The van der Waals surface area contributed by atoms with E-state index < -0.39 is 28.8 Å². The number of nitrogens with zero attached hydrogens (tertiary/aromatic N) is 1. The van der Waals surface area contributed by atoms with Crippen LogP contribution in [0.2, 0.25) is 0 Å². The monoisotopic (exact) mass is 328 g/mol. The number of rotatable bonds is 2. The Morgan fingerprint density at radius 2 is 1.65 bits per heavy atom. The number of nitrogens with one attached hydrogen (secondary N) is 1. The number of amides is 2. The van der Waals surface area contributed by atoms with E-state index in [-0.39, 0.29) is 25.4 Å². The third-order valence-corrected chi connectivity index (χ3v) is 3.22. The molecule has 1 N–H and O–H groups in total. The molecule has 1 heterocycles. The van der Waals surface area contributed by atoms with Crippen molar-refractivity contribution in [3.8, 4) is 0 Å². The quantitative estimate of drug-likeness (QED) is 0.841. The number of carbonyl (C=O) groups is 3. The van der Waals surface area contributed by atoms with Gasteiger partial charge < -0.3 is 14.8 Å².